The van der Waals surface area contributed by atoms with Crippen LogP contribution in [0, 0.1) is 5.92 Å². The van der Waals surface area contributed by atoms with Gasteiger partial charge in [-0.25, -0.2) is 9.98 Å². The molecule has 0 bridgehead atoms. The first kappa shape index (κ1) is 25.9. The number of aromatic nitrogens is 1. The lowest BCUT2D eigenvalue weighted by Crippen LogP contribution is -2.38. The Hall–Kier alpha value is -1.13. The van der Waals surface area contributed by atoms with E-state index in [2.05, 4.69) is 34.5 Å². The number of halogens is 1. The highest BCUT2D eigenvalue weighted by Gasteiger charge is 2.13. The minimum absolute atomic E-state index is 0. The summed E-state index contributed by atoms with van der Waals surface area (Å²) >= 11 is 0. The molecule has 29 heavy (non-hydrogen) atoms. The van der Waals surface area contributed by atoms with Crippen LogP contribution in [0.3, 0.4) is 0 Å². The van der Waals surface area contributed by atoms with E-state index in [4.69, 9.17) is 14.2 Å². The zero-order chi connectivity index (χ0) is 19.9. The normalized spacial score (nSPS) is 14.9. The van der Waals surface area contributed by atoms with Crippen molar-refractivity contribution in [3.63, 3.8) is 0 Å². The van der Waals surface area contributed by atoms with Gasteiger partial charge in [-0.05, 0) is 44.6 Å². The third-order valence-corrected chi connectivity index (χ3v) is 4.50. The van der Waals surface area contributed by atoms with E-state index in [1.165, 1.54) is 0 Å². The molecule has 2 heterocycles. The van der Waals surface area contributed by atoms with Gasteiger partial charge in [0.1, 0.15) is 0 Å². The fourth-order valence-corrected chi connectivity index (χ4v) is 2.92. The average Bonchev–Trinajstić information content (AvgIpc) is 2.74. The quantitative estimate of drug-likeness (QED) is 0.191. The second-order valence-corrected chi connectivity index (χ2v) is 6.92. The van der Waals surface area contributed by atoms with Crippen LogP contribution in [0.2, 0.25) is 0 Å². The Bertz CT molecular complexity index is 569. The van der Waals surface area contributed by atoms with Gasteiger partial charge in [-0.15, -0.1) is 24.0 Å². The number of pyridine rings is 1. The summed E-state index contributed by atoms with van der Waals surface area (Å²) in [6, 6.07) is 3.93. The van der Waals surface area contributed by atoms with Crippen LogP contribution in [0.5, 0.6) is 5.88 Å². The highest BCUT2D eigenvalue weighted by atomic mass is 127. The number of hydrogen-bond acceptors (Lipinski definition) is 5. The summed E-state index contributed by atoms with van der Waals surface area (Å²) < 4.78 is 16.9. The monoisotopic (exact) mass is 520 g/mol. The Labute approximate surface area is 192 Å². The maximum Gasteiger partial charge on any atom is 0.218 e. The predicted octanol–water partition coefficient (Wildman–Crippen LogP) is 3.38. The van der Waals surface area contributed by atoms with Crippen LogP contribution in [0.4, 0.5) is 0 Å². The maximum absolute atomic E-state index is 5.82. The van der Waals surface area contributed by atoms with Crippen LogP contribution in [0.25, 0.3) is 0 Å². The van der Waals surface area contributed by atoms with Gasteiger partial charge >= 0.3 is 0 Å². The summed E-state index contributed by atoms with van der Waals surface area (Å²) in [6.07, 6.45) is 5.90. The van der Waals surface area contributed by atoms with Gasteiger partial charge in [0.25, 0.3) is 0 Å². The zero-order valence-electron chi connectivity index (χ0n) is 17.8. The lowest BCUT2D eigenvalue weighted by Gasteiger charge is -2.21. The van der Waals surface area contributed by atoms with Crippen molar-refractivity contribution in [1.29, 1.82) is 0 Å². The van der Waals surface area contributed by atoms with Crippen LogP contribution < -0.4 is 15.4 Å². The molecule has 0 spiro atoms. The van der Waals surface area contributed by atoms with Gasteiger partial charge in [0.15, 0.2) is 5.96 Å². The summed E-state index contributed by atoms with van der Waals surface area (Å²) in [7, 11) is 0. The molecule has 1 aromatic heterocycles. The minimum Gasteiger partial charge on any atom is -0.477 e. The van der Waals surface area contributed by atoms with Gasteiger partial charge in [-0.1, -0.05) is 13.0 Å². The van der Waals surface area contributed by atoms with Crippen molar-refractivity contribution in [3.05, 3.63) is 23.9 Å². The molecule has 0 radical (unpaired) electrons. The molecule has 1 fully saturated rings. The summed E-state index contributed by atoms with van der Waals surface area (Å²) in [5.74, 6) is 2.13. The third-order valence-electron chi connectivity index (χ3n) is 4.50. The lowest BCUT2D eigenvalue weighted by atomic mass is 10.0. The number of hydrogen-bond donors (Lipinski definition) is 2. The van der Waals surface area contributed by atoms with Crippen LogP contribution in [0.15, 0.2) is 23.3 Å². The lowest BCUT2D eigenvalue weighted by molar-refractivity contribution is 0.0203. The third kappa shape index (κ3) is 11.0. The zero-order valence-corrected chi connectivity index (χ0v) is 20.2. The summed E-state index contributed by atoms with van der Waals surface area (Å²) in [6.45, 7) is 10.3. The van der Waals surface area contributed by atoms with Crippen LogP contribution in [-0.4, -0.2) is 57.1 Å². The molecule has 1 aliphatic rings. The highest BCUT2D eigenvalue weighted by molar-refractivity contribution is 14.0. The highest BCUT2D eigenvalue weighted by Crippen LogP contribution is 2.16. The van der Waals surface area contributed by atoms with Gasteiger partial charge in [-0.2, -0.15) is 0 Å². The van der Waals surface area contributed by atoms with Crippen molar-refractivity contribution in [3.8, 4) is 5.88 Å². The fourth-order valence-electron chi connectivity index (χ4n) is 2.92. The number of aliphatic imine (C=N–C) groups is 1. The van der Waals surface area contributed by atoms with Crippen molar-refractivity contribution >= 4 is 29.9 Å². The smallest absolute Gasteiger partial charge is 0.218 e. The van der Waals surface area contributed by atoms with E-state index in [-0.39, 0.29) is 24.0 Å². The molecule has 0 amide bonds. The molecule has 2 rings (SSSR count). The molecule has 0 saturated carbocycles. The first-order valence-electron chi connectivity index (χ1n) is 10.6. The van der Waals surface area contributed by atoms with Gasteiger partial charge in [0.2, 0.25) is 5.88 Å². The molecule has 1 saturated heterocycles. The van der Waals surface area contributed by atoms with E-state index in [1.807, 2.05) is 12.1 Å². The standard InChI is InChI=1S/C21H36N4O3.HI/c1-3-12-28-20-19(7-5-10-23-20)16-25-21(22-4-2)24-11-6-13-27-17-18-8-14-26-15-9-18;/h5,7,10,18H,3-4,6,8-9,11-17H2,1-2H3,(H2,22,24,25);1H. The number of guanidine groups is 1. The Morgan fingerprint density at radius 2 is 2.07 bits per heavy atom. The number of nitrogens with zero attached hydrogens (tertiary/aromatic N) is 2. The number of nitrogens with one attached hydrogen (secondary N) is 2. The number of ether oxygens (including phenoxy) is 3. The van der Waals surface area contributed by atoms with Crippen molar-refractivity contribution in [2.75, 3.05) is 46.1 Å². The Morgan fingerprint density at radius 1 is 1.24 bits per heavy atom. The van der Waals surface area contributed by atoms with Crippen LogP contribution in [0.1, 0.15) is 45.1 Å². The van der Waals surface area contributed by atoms with E-state index >= 15 is 0 Å². The van der Waals surface area contributed by atoms with Crippen LogP contribution >= 0.6 is 24.0 Å². The molecule has 0 aromatic carbocycles. The van der Waals surface area contributed by atoms with E-state index in [0.29, 0.717) is 24.9 Å². The van der Waals surface area contributed by atoms with Crippen LogP contribution in [-0.2, 0) is 16.0 Å². The summed E-state index contributed by atoms with van der Waals surface area (Å²) in [5, 5.41) is 6.65. The molecule has 8 heteroatoms. The number of rotatable bonds is 12. The molecule has 2 N–H and O–H groups in total. The summed E-state index contributed by atoms with van der Waals surface area (Å²) in [5.41, 5.74) is 0.993. The topological polar surface area (TPSA) is 77.0 Å². The van der Waals surface area contributed by atoms with E-state index in [0.717, 1.165) is 76.7 Å². The second-order valence-electron chi connectivity index (χ2n) is 6.92. The van der Waals surface area contributed by atoms with Gasteiger partial charge < -0.3 is 24.8 Å². The van der Waals surface area contributed by atoms with E-state index in [9.17, 15) is 0 Å². The predicted molar refractivity (Wildman–Crippen MR) is 127 cm³/mol. The molecule has 7 nitrogen and oxygen atoms in total. The molecule has 0 unspecified atom stereocenters. The van der Waals surface area contributed by atoms with Gasteiger partial charge in [0.05, 0.1) is 13.2 Å². The molecule has 0 atom stereocenters. The SMILES string of the molecule is CCCOc1ncccc1CN=C(NCC)NCCCOCC1CCOCC1.I. The average molecular weight is 520 g/mol. The maximum atomic E-state index is 5.82. The fraction of sp³-hybridized carbons (Fsp3) is 0.714. The van der Waals surface area contributed by atoms with Gasteiger partial charge in [-0.3, -0.25) is 0 Å². The first-order chi connectivity index (χ1) is 13.8. The minimum atomic E-state index is 0. The van der Waals surface area contributed by atoms with Crippen molar-refractivity contribution in [2.45, 2.75) is 46.1 Å². The molecule has 0 aliphatic carbocycles. The van der Waals surface area contributed by atoms with E-state index in [1.54, 1.807) is 6.20 Å². The first-order valence-corrected chi connectivity index (χ1v) is 10.6. The molecule has 1 aliphatic heterocycles. The molecule has 1 aromatic rings. The largest absolute Gasteiger partial charge is 0.477 e. The summed E-state index contributed by atoms with van der Waals surface area (Å²) in [4.78, 5) is 8.98. The van der Waals surface area contributed by atoms with Gasteiger partial charge in [0, 0.05) is 51.3 Å². The van der Waals surface area contributed by atoms with Crippen molar-refractivity contribution in [2.24, 2.45) is 10.9 Å². The van der Waals surface area contributed by atoms with Crippen molar-refractivity contribution < 1.29 is 14.2 Å². The Morgan fingerprint density at radius 3 is 2.83 bits per heavy atom. The van der Waals surface area contributed by atoms with E-state index < -0.39 is 0 Å². The molecular formula is C21H37IN4O3. The Balaban J connectivity index is 0.00000420. The molecular weight excluding hydrogens is 483 g/mol. The van der Waals surface area contributed by atoms with Crippen molar-refractivity contribution in [1.82, 2.24) is 15.6 Å². The Kier molecular flexibility index (Phi) is 14.9. The second kappa shape index (κ2) is 16.6. The molecule has 166 valence electrons.